The Morgan fingerprint density at radius 1 is 1.39 bits per heavy atom. The highest BCUT2D eigenvalue weighted by molar-refractivity contribution is 9.10. The molecule has 0 aliphatic carbocycles. The molecule has 1 aromatic heterocycles. The molecular formula is C12H9BrClFN2O. The summed E-state index contributed by atoms with van der Waals surface area (Å²) >= 11 is 9.23. The van der Waals surface area contributed by atoms with E-state index in [9.17, 15) is 4.39 Å². The average molecular weight is 332 g/mol. The second-order valence-corrected chi connectivity index (χ2v) is 4.69. The van der Waals surface area contributed by atoms with Gasteiger partial charge in [-0.25, -0.2) is 14.4 Å². The predicted molar refractivity (Wildman–Crippen MR) is 70.6 cm³/mol. The first-order valence-corrected chi connectivity index (χ1v) is 6.41. The zero-order valence-electron chi connectivity index (χ0n) is 9.45. The van der Waals surface area contributed by atoms with Crippen molar-refractivity contribution in [1.29, 1.82) is 0 Å². The van der Waals surface area contributed by atoms with Crippen LogP contribution in [0.1, 0.15) is 12.5 Å². The summed E-state index contributed by atoms with van der Waals surface area (Å²) < 4.78 is 19.4. The molecule has 6 heteroatoms. The Kier molecular flexibility index (Phi) is 4.14. The van der Waals surface area contributed by atoms with E-state index in [1.807, 2.05) is 6.92 Å². The van der Waals surface area contributed by atoms with Crippen LogP contribution in [0.2, 0.25) is 5.15 Å². The molecule has 0 fully saturated rings. The number of aromatic nitrogens is 2. The minimum absolute atomic E-state index is 0.337. The van der Waals surface area contributed by atoms with E-state index in [-0.39, 0.29) is 5.82 Å². The molecule has 3 nitrogen and oxygen atoms in total. The summed E-state index contributed by atoms with van der Waals surface area (Å²) in [6.45, 7) is 1.91. The SMILES string of the molecule is CCc1c(Cl)ncnc1Oc1cc(F)ccc1Br. The van der Waals surface area contributed by atoms with Crippen molar-refractivity contribution in [1.82, 2.24) is 9.97 Å². The van der Waals surface area contributed by atoms with Crippen molar-refractivity contribution < 1.29 is 9.13 Å². The maximum atomic E-state index is 13.2. The fourth-order valence-electron chi connectivity index (χ4n) is 1.42. The van der Waals surface area contributed by atoms with Crippen LogP contribution in [0.25, 0.3) is 0 Å². The van der Waals surface area contributed by atoms with Gasteiger partial charge in [-0.05, 0) is 34.5 Å². The largest absolute Gasteiger partial charge is 0.437 e. The van der Waals surface area contributed by atoms with Crippen molar-refractivity contribution in [3.05, 3.63) is 45.5 Å². The molecule has 94 valence electrons. The summed E-state index contributed by atoms with van der Waals surface area (Å²) in [5.74, 6) is 0.301. The Hall–Kier alpha value is -1.20. The normalized spacial score (nSPS) is 10.4. The van der Waals surface area contributed by atoms with Gasteiger partial charge in [0.2, 0.25) is 5.88 Å². The maximum Gasteiger partial charge on any atom is 0.227 e. The first-order valence-electron chi connectivity index (χ1n) is 5.24. The van der Waals surface area contributed by atoms with Crippen molar-refractivity contribution >= 4 is 27.5 Å². The van der Waals surface area contributed by atoms with Crippen LogP contribution >= 0.6 is 27.5 Å². The van der Waals surface area contributed by atoms with Crippen molar-refractivity contribution in [2.75, 3.05) is 0 Å². The van der Waals surface area contributed by atoms with Crippen LogP contribution in [0, 0.1) is 5.82 Å². The van der Waals surface area contributed by atoms with E-state index in [1.165, 1.54) is 18.5 Å². The molecule has 0 amide bonds. The lowest BCUT2D eigenvalue weighted by Gasteiger charge is -2.10. The highest BCUT2D eigenvalue weighted by Gasteiger charge is 2.12. The van der Waals surface area contributed by atoms with Gasteiger partial charge in [0.25, 0.3) is 0 Å². The van der Waals surface area contributed by atoms with Gasteiger partial charge in [-0.1, -0.05) is 18.5 Å². The third kappa shape index (κ3) is 2.79. The molecule has 0 radical (unpaired) electrons. The molecule has 0 saturated heterocycles. The van der Waals surface area contributed by atoms with E-state index in [4.69, 9.17) is 16.3 Å². The van der Waals surface area contributed by atoms with Gasteiger partial charge in [0.15, 0.2) is 0 Å². The molecule has 18 heavy (non-hydrogen) atoms. The monoisotopic (exact) mass is 330 g/mol. The van der Waals surface area contributed by atoms with Gasteiger partial charge in [0.1, 0.15) is 23.0 Å². The van der Waals surface area contributed by atoms with Gasteiger partial charge in [-0.15, -0.1) is 0 Å². The zero-order valence-corrected chi connectivity index (χ0v) is 11.8. The second kappa shape index (κ2) is 5.63. The molecule has 0 bridgehead atoms. The Bertz CT molecular complexity index is 580. The average Bonchev–Trinajstić information content (AvgIpc) is 2.34. The van der Waals surface area contributed by atoms with Crippen molar-refractivity contribution in [2.45, 2.75) is 13.3 Å². The third-order valence-corrected chi connectivity index (χ3v) is 3.29. The van der Waals surface area contributed by atoms with Crippen LogP contribution in [0.4, 0.5) is 4.39 Å². The first kappa shape index (κ1) is 13.2. The zero-order chi connectivity index (χ0) is 13.1. The topological polar surface area (TPSA) is 35.0 Å². The molecule has 0 saturated carbocycles. The first-order chi connectivity index (χ1) is 8.61. The Balaban J connectivity index is 2.40. The van der Waals surface area contributed by atoms with E-state index in [2.05, 4.69) is 25.9 Å². The third-order valence-electron chi connectivity index (χ3n) is 2.31. The number of nitrogens with zero attached hydrogens (tertiary/aromatic N) is 2. The lowest BCUT2D eigenvalue weighted by atomic mass is 10.2. The second-order valence-electron chi connectivity index (χ2n) is 3.48. The van der Waals surface area contributed by atoms with E-state index >= 15 is 0 Å². The van der Waals surface area contributed by atoms with Crippen molar-refractivity contribution in [3.8, 4) is 11.6 Å². The summed E-state index contributed by atoms with van der Waals surface area (Å²) in [7, 11) is 0. The molecule has 0 N–H and O–H groups in total. The highest BCUT2D eigenvalue weighted by atomic mass is 79.9. The number of hydrogen-bond acceptors (Lipinski definition) is 3. The number of rotatable bonds is 3. The van der Waals surface area contributed by atoms with E-state index in [1.54, 1.807) is 6.07 Å². The molecule has 0 aliphatic heterocycles. The van der Waals surface area contributed by atoms with Crippen LogP contribution in [0.5, 0.6) is 11.6 Å². The summed E-state index contributed by atoms with van der Waals surface area (Å²) in [5, 5.41) is 0.343. The minimum atomic E-state index is -0.383. The van der Waals surface area contributed by atoms with Crippen LogP contribution in [0.15, 0.2) is 29.0 Å². The standard InChI is InChI=1S/C12H9BrClFN2O/c1-2-8-11(14)16-6-17-12(8)18-10-5-7(15)3-4-9(10)13/h3-6H,2H2,1H3. The molecule has 0 atom stereocenters. The highest BCUT2D eigenvalue weighted by Crippen LogP contribution is 2.32. The summed E-state index contributed by atoms with van der Waals surface area (Å²) in [4.78, 5) is 7.90. The number of ether oxygens (including phenoxy) is 1. The summed E-state index contributed by atoms with van der Waals surface area (Å²) in [5.41, 5.74) is 0.690. The Morgan fingerprint density at radius 3 is 2.89 bits per heavy atom. The molecular weight excluding hydrogens is 322 g/mol. The van der Waals surface area contributed by atoms with Crippen LogP contribution in [0.3, 0.4) is 0 Å². The lowest BCUT2D eigenvalue weighted by Crippen LogP contribution is -1.97. The summed E-state index contributed by atoms with van der Waals surface area (Å²) in [6, 6.07) is 4.18. The van der Waals surface area contributed by atoms with Crippen LogP contribution < -0.4 is 4.74 Å². The molecule has 0 unspecified atom stereocenters. The van der Waals surface area contributed by atoms with Crippen molar-refractivity contribution in [2.24, 2.45) is 0 Å². The fourth-order valence-corrected chi connectivity index (χ4v) is 2.01. The van der Waals surface area contributed by atoms with Gasteiger partial charge >= 0.3 is 0 Å². The van der Waals surface area contributed by atoms with Gasteiger partial charge in [0, 0.05) is 6.07 Å². The minimum Gasteiger partial charge on any atom is -0.437 e. The van der Waals surface area contributed by atoms with E-state index < -0.39 is 0 Å². The van der Waals surface area contributed by atoms with E-state index in [0.717, 1.165) is 0 Å². The molecule has 0 aliphatic rings. The fraction of sp³-hybridized carbons (Fsp3) is 0.167. The van der Waals surface area contributed by atoms with Gasteiger partial charge in [-0.3, -0.25) is 0 Å². The molecule has 1 aromatic carbocycles. The molecule has 2 aromatic rings. The predicted octanol–water partition coefficient (Wildman–Crippen LogP) is 4.39. The molecule has 0 spiro atoms. The smallest absolute Gasteiger partial charge is 0.227 e. The van der Waals surface area contributed by atoms with Gasteiger partial charge < -0.3 is 4.74 Å². The van der Waals surface area contributed by atoms with Gasteiger partial charge in [-0.2, -0.15) is 0 Å². The molecule has 2 rings (SSSR count). The maximum absolute atomic E-state index is 13.2. The van der Waals surface area contributed by atoms with Crippen molar-refractivity contribution in [3.63, 3.8) is 0 Å². The quantitative estimate of drug-likeness (QED) is 0.783. The number of benzene rings is 1. The lowest BCUT2D eigenvalue weighted by molar-refractivity contribution is 0.448. The number of halogens is 3. The summed E-state index contributed by atoms with van der Waals surface area (Å²) in [6.07, 6.45) is 1.94. The van der Waals surface area contributed by atoms with Gasteiger partial charge in [0.05, 0.1) is 10.0 Å². The van der Waals surface area contributed by atoms with E-state index in [0.29, 0.717) is 33.2 Å². The Morgan fingerprint density at radius 2 is 2.17 bits per heavy atom. The van der Waals surface area contributed by atoms with Crippen LogP contribution in [-0.4, -0.2) is 9.97 Å². The Labute approximate surface area is 117 Å². The number of hydrogen-bond donors (Lipinski definition) is 0. The molecule has 1 heterocycles. The van der Waals surface area contributed by atoms with Crippen LogP contribution in [-0.2, 0) is 6.42 Å².